The van der Waals surface area contributed by atoms with Gasteiger partial charge in [0.1, 0.15) is 0 Å². The SMILES string of the molecule is Cn1cncc1C(O)(c1ccc(CC#N)cc1)c1ccc2c(c1)C(c1cccc(Cl)c1)=NC1N=NNN21. The molecule has 0 saturated carbocycles. The highest BCUT2D eigenvalue weighted by Crippen LogP contribution is 2.40. The molecule has 10 heteroatoms. The lowest BCUT2D eigenvalue weighted by molar-refractivity contribution is 0.117. The number of rotatable bonds is 5. The first-order chi connectivity index (χ1) is 18.0. The van der Waals surface area contributed by atoms with E-state index in [2.05, 4.69) is 26.9 Å². The zero-order chi connectivity index (χ0) is 25.6. The van der Waals surface area contributed by atoms with Gasteiger partial charge in [-0.2, -0.15) is 10.8 Å². The standard InChI is InChI=1S/C27H21ClN8O/c1-35-16-30-15-24(35)27(37,19-7-5-17(6-8-19)11-12-29)20-9-10-23-22(14-20)25(18-3-2-4-21(28)13-18)31-26-32-33-34-36(23)26/h2-10,13-16,26,37H,11H2,1H3,(H,32,34). The Morgan fingerprint density at radius 3 is 2.65 bits per heavy atom. The number of fused-ring (bicyclic) bond motifs is 3. The number of nitrogens with zero attached hydrogens (tertiary/aromatic N) is 7. The molecule has 6 rings (SSSR count). The fourth-order valence-corrected chi connectivity index (χ4v) is 5.02. The van der Waals surface area contributed by atoms with Crippen molar-refractivity contribution in [3.05, 3.63) is 118 Å². The molecular formula is C27H21ClN8O. The number of hydrogen-bond acceptors (Lipinski definition) is 8. The summed E-state index contributed by atoms with van der Waals surface area (Å²) in [4.78, 5) is 9.10. The molecule has 2 unspecified atom stereocenters. The predicted molar refractivity (Wildman–Crippen MR) is 139 cm³/mol. The fourth-order valence-electron chi connectivity index (χ4n) is 4.83. The topological polar surface area (TPSA) is 114 Å². The van der Waals surface area contributed by atoms with Crippen LogP contribution in [-0.2, 0) is 19.1 Å². The number of benzene rings is 3. The van der Waals surface area contributed by atoms with E-state index in [0.29, 0.717) is 34.0 Å². The van der Waals surface area contributed by atoms with Crippen LogP contribution in [0.5, 0.6) is 0 Å². The lowest BCUT2D eigenvalue weighted by atomic mass is 9.81. The van der Waals surface area contributed by atoms with Crippen LogP contribution in [0.15, 0.2) is 94.6 Å². The number of aryl methyl sites for hydroxylation is 1. The Bertz CT molecular complexity index is 1600. The van der Waals surface area contributed by atoms with Gasteiger partial charge in [-0.05, 0) is 41.0 Å². The number of aliphatic imine (C=N–C) groups is 1. The summed E-state index contributed by atoms with van der Waals surface area (Å²) in [5.74, 6) is 0. The Balaban J connectivity index is 1.55. The summed E-state index contributed by atoms with van der Waals surface area (Å²) in [5.41, 5.74) is 7.25. The van der Waals surface area contributed by atoms with Gasteiger partial charge in [-0.3, -0.25) is 0 Å². The van der Waals surface area contributed by atoms with Crippen LogP contribution in [0.25, 0.3) is 0 Å². The summed E-state index contributed by atoms with van der Waals surface area (Å²) in [6.07, 6.45) is 3.06. The Hall–Kier alpha value is -4.52. The van der Waals surface area contributed by atoms with Crippen molar-refractivity contribution in [2.75, 3.05) is 5.01 Å². The third-order valence-electron chi connectivity index (χ3n) is 6.66. The Labute approximate surface area is 218 Å². The average Bonchev–Trinajstić information content (AvgIpc) is 3.57. The first kappa shape index (κ1) is 22.9. The zero-order valence-corrected chi connectivity index (χ0v) is 20.5. The minimum atomic E-state index is -1.53. The van der Waals surface area contributed by atoms with Gasteiger partial charge in [0.15, 0.2) is 5.60 Å². The van der Waals surface area contributed by atoms with Crippen molar-refractivity contribution in [1.29, 1.82) is 5.26 Å². The second kappa shape index (κ2) is 8.85. The maximum Gasteiger partial charge on any atom is 0.256 e. The van der Waals surface area contributed by atoms with Crippen molar-refractivity contribution in [2.45, 2.75) is 18.3 Å². The number of hydrazine groups is 1. The van der Waals surface area contributed by atoms with Gasteiger partial charge >= 0.3 is 0 Å². The van der Waals surface area contributed by atoms with Crippen molar-refractivity contribution in [2.24, 2.45) is 22.4 Å². The van der Waals surface area contributed by atoms with Gasteiger partial charge < -0.3 is 9.67 Å². The summed E-state index contributed by atoms with van der Waals surface area (Å²) in [7, 11) is 1.84. The molecule has 182 valence electrons. The number of hydrogen-bond donors (Lipinski definition) is 2. The number of nitriles is 1. The van der Waals surface area contributed by atoms with Crippen molar-refractivity contribution >= 4 is 23.0 Å². The highest BCUT2D eigenvalue weighted by molar-refractivity contribution is 6.31. The summed E-state index contributed by atoms with van der Waals surface area (Å²) in [5, 5.41) is 32.0. The maximum absolute atomic E-state index is 12.5. The normalized spacial score (nSPS) is 17.3. The summed E-state index contributed by atoms with van der Waals surface area (Å²) in [6.45, 7) is 0. The molecule has 0 spiro atoms. The van der Waals surface area contributed by atoms with Gasteiger partial charge in [-0.25, -0.2) is 15.0 Å². The molecule has 1 aromatic heterocycles. The molecular weight excluding hydrogens is 488 g/mol. The Kier molecular flexibility index (Phi) is 5.48. The van der Waals surface area contributed by atoms with Gasteiger partial charge in [-0.15, -0.1) is 5.11 Å². The number of anilines is 1. The summed E-state index contributed by atoms with van der Waals surface area (Å²) in [6, 6.07) is 22.8. The molecule has 0 bridgehead atoms. The Morgan fingerprint density at radius 2 is 1.92 bits per heavy atom. The monoisotopic (exact) mass is 508 g/mol. The van der Waals surface area contributed by atoms with Gasteiger partial charge in [-0.1, -0.05) is 59.3 Å². The third kappa shape index (κ3) is 3.74. The third-order valence-corrected chi connectivity index (χ3v) is 6.89. The van der Waals surface area contributed by atoms with Crippen molar-refractivity contribution < 1.29 is 5.11 Å². The van der Waals surface area contributed by atoms with Crippen LogP contribution >= 0.6 is 11.6 Å². The van der Waals surface area contributed by atoms with Crippen molar-refractivity contribution in [1.82, 2.24) is 15.1 Å². The molecule has 37 heavy (non-hydrogen) atoms. The summed E-state index contributed by atoms with van der Waals surface area (Å²) < 4.78 is 1.80. The number of halogens is 1. The predicted octanol–water partition coefficient (Wildman–Crippen LogP) is 4.25. The highest BCUT2D eigenvalue weighted by atomic mass is 35.5. The minimum absolute atomic E-state index is 0.294. The van der Waals surface area contributed by atoms with Gasteiger partial charge in [0.05, 0.1) is 42.1 Å². The van der Waals surface area contributed by atoms with Crippen molar-refractivity contribution in [3.8, 4) is 6.07 Å². The molecule has 0 radical (unpaired) electrons. The molecule has 0 amide bonds. The lowest BCUT2D eigenvalue weighted by Crippen LogP contribution is -2.41. The van der Waals surface area contributed by atoms with Crippen LogP contribution in [0.4, 0.5) is 5.69 Å². The molecule has 9 nitrogen and oxygen atoms in total. The van der Waals surface area contributed by atoms with E-state index in [4.69, 9.17) is 21.9 Å². The largest absolute Gasteiger partial charge is 0.374 e. The molecule has 0 fully saturated rings. The maximum atomic E-state index is 12.5. The molecule has 4 aromatic rings. The first-order valence-electron chi connectivity index (χ1n) is 11.6. The van der Waals surface area contributed by atoms with Crippen LogP contribution in [0, 0.1) is 11.3 Å². The van der Waals surface area contributed by atoms with E-state index in [1.54, 1.807) is 22.1 Å². The molecule has 2 N–H and O–H groups in total. The quantitative estimate of drug-likeness (QED) is 0.418. The van der Waals surface area contributed by atoms with Gasteiger partial charge in [0.2, 0.25) is 0 Å². The second-order valence-corrected chi connectivity index (χ2v) is 9.32. The first-order valence-corrected chi connectivity index (χ1v) is 12.0. The number of aliphatic hydroxyl groups is 1. The molecule has 2 atom stereocenters. The minimum Gasteiger partial charge on any atom is -0.374 e. The number of imidazole rings is 1. The fraction of sp³-hybridized carbons (Fsp3) is 0.148. The molecule has 0 saturated heterocycles. The molecule has 2 aliphatic rings. The van der Waals surface area contributed by atoms with Crippen molar-refractivity contribution in [3.63, 3.8) is 0 Å². The van der Waals surface area contributed by atoms with E-state index in [0.717, 1.165) is 22.4 Å². The highest BCUT2D eigenvalue weighted by Gasteiger charge is 2.39. The van der Waals surface area contributed by atoms with E-state index in [9.17, 15) is 5.11 Å². The second-order valence-electron chi connectivity index (χ2n) is 8.88. The van der Waals surface area contributed by atoms with Crippen LogP contribution in [-0.4, -0.2) is 26.7 Å². The summed E-state index contributed by atoms with van der Waals surface area (Å²) >= 11 is 6.32. The smallest absolute Gasteiger partial charge is 0.256 e. The zero-order valence-electron chi connectivity index (χ0n) is 19.7. The van der Waals surface area contributed by atoms with Gasteiger partial charge in [0.25, 0.3) is 6.29 Å². The van der Waals surface area contributed by atoms with E-state index >= 15 is 0 Å². The number of nitrogens with one attached hydrogen (secondary N) is 1. The van der Waals surface area contributed by atoms with Crippen LogP contribution in [0.2, 0.25) is 5.02 Å². The van der Waals surface area contributed by atoms with E-state index < -0.39 is 11.9 Å². The van der Waals surface area contributed by atoms with Crippen LogP contribution in [0.1, 0.15) is 33.5 Å². The van der Waals surface area contributed by atoms with Crippen LogP contribution < -0.4 is 10.5 Å². The van der Waals surface area contributed by atoms with E-state index in [-0.39, 0.29) is 0 Å². The van der Waals surface area contributed by atoms with Gasteiger partial charge in [0, 0.05) is 23.2 Å². The molecule has 2 aliphatic heterocycles. The molecule has 3 aromatic carbocycles. The Morgan fingerprint density at radius 1 is 1.11 bits per heavy atom. The lowest BCUT2D eigenvalue weighted by Gasteiger charge is -2.33. The molecule has 0 aliphatic carbocycles. The average molecular weight is 509 g/mol. The number of aromatic nitrogens is 2. The van der Waals surface area contributed by atoms with E-state index in [1.807, 2.05) is 73.8 Å². The van der Waals surface area contributed by atoms with E-state index in [1.165, 1.54) is 0 Å². The molecule has 3 heterocycles. The van der Waals surface area contributed by atoms with Crippen LogP contribution in [0.3, 0.4) is 0 Å².